The van der Waals surface area contributed by atoms with Crippen LogP contribution in [0.2, 0.25) is 0 Å². The number of nitrogens with zero attached hydrogens (tertiary/aromatic N) is 3. The number of aromatic nitrogens is 2. The zero-order valence-electron chi connectivity index (χ0n) is 10.6. The molecule has 3 rings (SSSR count). The molecule has 0 spiro atoms. The van der Waals surface area contributed by atoms with Crippen molar-refractivity contribution in [1.29, 1.82) is 5.26 Å². The number of aromatic hydroxyl groups is 1. The number of aryl methyl sites for hydroxylation is 1. The molecule has 1 aromatic carbocycles. The second-order valence-electron chi connectivity index (χ2n) is 4.43. The number of nitrogens with two attached hydrogens (primary N) is 1. The van der Waals surface area contributed by atoms with Gasteiger partial charge in [0.2, 0.25) is 0 Å². The van der Waals surface area contributed by atoms with Crippen LogP contribution >= 0.6 is 0 Å². The highest BCUT2D eigenvalue weighted by atomic mass is 16.5. The topological polar surface area (TPSA) is 109 Å². The van der Waals surface area contributed by atoms with Crippen LogP contribution in [0.3, 0.4) is 0 Å². The first-order chi connectivity index (χ1) is 9.61. The third-order valence-corrected chi connectivity index (χ3v) is 3.18. The Morgan fingerprint density at radius 2 is 2.15 bits per heavy atom. The largest absolute Gasteiger partial charge is 0.507 e. The number of benzene rings is 1. The summed E-state index contributed by atoms with van der Waals surface area (Å²) in [5, 5.41) is 23.6. The minimum absolute atomic E-state index is 0.00157. The Hall–Kier alpha value is -3.07. The first-order valence-corrected chi connectivity index (χ1v) is 5.84. The molecule has 0 fully saturated rings. The number of hydrogen-bond acceptors (Lipinski definition) is 6. The van der Waals surface area contributed by atoms with Crippen LogP contribution in [0, 0.1) is 18.3 Å². The lowest BCUT2D eigenvalue weighted by Crippen LogP contribution is -1.93. The maximum atomic E-state index is 10.1. The number of rotatable bonds is 1. The van der Waals surface area contributed by atoms with Crippen LogP contribution < -0.4 is 5.73 Å². The van der Waals surface area contributed by atoms with Crippen molar-refractivity contribution in [3.63, 3.8) is 0 Å². The molecule has 6 heteroatoms. The molecule has 0 aliphatic carbocycles. The van der Waals surface area contributed by atoms with E-state index in [-0.39, 0.29) is 5.75 Å². The lowest BCUT2D eigenvalue weighted by molar-refractivity contribution is 0.448. The van der Waals surface area contributed by atoms with Gasteiger partial charge in [-0.3, -0.25) is 0 Å². The second kappa shape index (κ2) is 4.24. The summed E-state index contributed by atoms with van der Waals surface area (Å²) in [6.45, 7) is 1.83. The highest BCUT2D eigenvalue weighted by Crippen LogP contribution is 2.38. The van der Waals surface area contributed by atoms with E-state index in [2.05, 4.69) is 16.2 Å². The van der Waals surface area contributed by atoms with Crippen molar-refractivity contribution in [2.45, 2.75) is 6.92 Å². The quantitative estimate of drug-likeness (QED) is 0.654. The molecule has 0 atom stereocenters. The average Bonchev–Trinajstić information content (AvgIpc) is 2.90. The number of phenols is 1. The molecule has 2 aromatic heterocycles. The van der Waals surface area contributed by atoms with Gasteiger partial charge in [-0.05, 0) is 18.6 Å². The van der Waals surface area contributed by atoms with Crippen LogP contribution in [-0.4, -0.2) is 15.2 Å². The lowest BCUT2D eigenvalue weighted by atomic mass is 9.96. The van der Waals surface area contributed by atoms with E-state index in [0.29, 0.717) is 33.5 Å². The van der Waals surface area contributed by atoms with Crippen LogP contribution in [0.1, 0.15) is 11.1 Å². The van der Waals surface area contributed by atoms with Crippen molar-refractivity contribution >= 4 is 16.8 Å². The Balaban J connectivity index is 2.42. The van der Waals surface area contributed by atoms with E-state index in [9.17, 15) is 10.4 Å². The van der Waals surface area contributed by atoms with Gasteiger partial charge in [0, 0.05) is 29.1 Å². The van der Waals surface area contributed by atoms with Crippen LogP contribution in [0.15, 0.2) is 29.0 Å². The van der Waals surface area contributed by atoms with Gasteiger partial charge in [0.1, 0.15) is 11.8 Å². The summed E-state index contributed by atoms with van der Waals surface area (Å²) >= 11 is 0. The fraction of sp³-hybridized carbons (Fsp3) is 0.0714. The van der Waals surface area contributed by atoms with Gasteiger partial charge in [0.25, 0.3) is 5.71 Å². The molecule has 0 bridgehead atoms. The summed E-state index contributed by atoms with van der Waals surface area (Å²) in [5.41, 5.74) is 8.75. The molecule has 0 saturated heterocycles. The van der Waals surface area contributed by atoms with Gasteiger partial charge < -0.3 is 15.4 Å². The number of hydrogen-bond donors (Lipinski definition) is 2. The summed E-state index contributed by atoms with van der Waals surface area (Å²) in [4.78, 5) is 4.01. The molecular formula is C14H10N4O2. The number of anilines is 1. The average molecular weight is 266 g/mol. The molecule has 0 radical (unpaired) electrons. The van der Waals surface area contributed by atoms with Crippen LogP contribution in [0.5, 0.6) is 5.75 Å². The maximum Gasteiger partial charge on any atom is 0.258 e. The number of pyridine rings is 1. The van der Waals surface area contributed by atoms with E-state index in [1.54, 1.807) is 6.07 Å². The first-order valence-electron chi connectivity index (χ1n) is 5.84. The van der Waals surface area contributed by atoms with Crippen molar-refractivity contribution in [2.75, 3.05) is 5.73 Å². The molecule has 0 aliphatic heterocycles. The highest BCUT2D eigenvalue weighted by Gasteiger charge is 2.17. The normalized spacial score (nSPS) is 10.6. The Morgan fingerprint density at radius 3 is 2.90 bits per heavy atom. The van der Waals surface area contributed by atoms with Gasteiger partial charge in [0.15, 0.2) is 0 Å². The van der Waals surface area contributed by atoms with E-state index in [4.69, 9.17) is 10.3 Å². The van der Waals surface area contributed by atoms with E-state index in [1.165, 1.54) is 18.5 Å². The molecule has 3 aromatic rings. The second-order valence-corrected chi connectivity index (χ2v) is 4.43. The summed E-state index contributed by atoms with van der Waals surface area (Å²) < 4.78 is 5.00. The third kappa shape index (κ3) is 1.65. The SMILES string of the molecule is Cc1cc(-c2c(C#N)cnc3oncc23)c(O)cc1N. The van der Waals surface area contributed by atoms with E-state index in [0.717, 1.165) is 5.56 Å². The van der Waals surface area contributed by atoms with Gasteiger partial charge in [0.05, 0.1) is 17.1 Å². The van der Waals surface area contributed by atoms with Crippen molar-refractivity contribution in [3.05, 3.63) is 35.7 Å². The smallest absolute Gasteiger partial charge is 0.258 e. The van der Waals surface area contributed by atoms with Gasteiger partial charge in [-0.25, -0.2) is 4.98 Å². The predicted molar refractivity (Wildman–Crippen MR) is 72.8 cm³/mol. The number of nitrogen functional groups attached to an aromatic ring is 1. The van der Waals surface area contributed by atoms with E-state index in [1.807, 2.05) is 6.92 Å². The van der Waals surface area contributed by atoms with Crippen molar-refractivity contribution < 1.29 is 9.63 Å². The zero-order valence-corrected chi connectivity index (χ0v) is 10.6. The van der Waals surface area contributed by atoms with Crippen LogP contribution in [0.4, 0.5) is 5.69 Å². The maximum absolute atomic E-state index is 10.1. The molecule has 2 heterocycles. The molecule has 98 valence electrons. The van der Waals surface area contributed by atoms with E-state index >= 15 is 0 Å². The molecule has 20 heavy (non-hydrogen) atoms. The van der Waals surface area contributed by atoms with Crippen molar-refractivity contribution in [1.82, 2.24) is 10.1 Å². The summed E-state index contributed by atoms with van der Waals surface area (Å²) in [6, 6.07) is 5.26. The van der Waals surface area contributed by atoms with Crippen molar-refractivity contribution in [3.8, 4) is 22.9 Å². The summed E-state index contributed by atoms with van der Waals surface area (Å²) in [6.07, 6.45) is 2.87. The summed E-state index contributed by atoms with van der Waals surface area (Å²) in [5.74, 6) is -0.00157. The Morgan fingerprint density at radius 1 is 1.35 bits per heavy atom. The minimum atomic E-state index is -0.00157. The Bertz CT molecular complexity index is 861. The van der Waals surface area contributed by atoms with Gasteiger partial charge in [-0.15, -0.1) is 0 Å². The number of phenolic OH excluding ortho intramolecular Hbond substituents is 1. The molecule has 3 N–H and O–H groups in total. The lowest BCUT2D eigenvalue weighted by Gasteiger charge is -2.10. The summed E-state index contributed by atoms with van der Waals surface area (Å²) in [7, 11) is 0. The molecular weight excluding hydrogens is 256 g/mol. The van der Waals surface area contributed by atoms with Gasteiger partial charge >= 0.3 is 0 Å². The van der Waals surface area contributed by atoms with Crippen LogP contribution in [-0.2, 0) is 0 Å². The molecule has 0 amide bonds. The minimum Gasteiger partial charge on any atom is -0.507 e. The highest BCUT2D eigenvalue weighted by molar-refractivity contribution is 5.96. The monoisotopic (exact) mass is 266 g/mol. The van der Waals surface area contributed by atoms with Crippen LogP contribution in [0.25, 0.3) is 22.2 Å². The van der Waals surface area contributed by atoms with Gasteiger partial charge in [-0.2, -0.15) is 5.26 Å². The standard InChI is InChI=1S/C14H10N4O2/c1-7-2-9(12(19)3-11(7)16)13-8(4-15)5-17-14-10(13)6-18-20-14/h2-3,5-6,19H,16H2,1H3. The molecule has 0 saturated carbocycles. The Kier molecular flexibility index (Phi) is 2.54. The van der Waals surface area contributed by atoms with E-state index < -0.39 is 0 Å². The molecule has 6 nitrogen and oxygen atoms in total. The Labute approximate surface area is 114 Å². The van der Waals surface area contributed by atoms with Gasteiger partial charge in [-0.1, -0.05) is 5.16 Å². The fourth-order valence-electron chi connectivity index (χ4n) is 2.12. The first kappa shape index (κ1) is 12.0. The van der Waals surface area contributed by atoms with Crippen molar-refractivity contribution in [2.24, 2.45) is 0 Å². The zero-order chi connectivity index (χ0) is 14.3. The number of fused-ring (bicyclic) bond motifs is 1. The fourth-order valence-corrected chi connectivity index (χ4v) is 2.12. The number of nitriles is 1. The molecule has 0 aliphatic rings. The third-order valence-electron chi connectivity index (χ3n) is 3.18. The molecule has 0 unspecified atom stereocenters. The predicted octanol–water partition coefficient (Wildman–Crippen LogP) is 2.36.